The first-order valence-corrected chi connectivity index (χ1v) is 7.75. The fraction of sp³-hybridized carbons (Fsp3) is 0.0667. The van der Waals surface area contributed by atoms with Crippen molar-refractivity contribution in [2.45, 2.75) is 6.92 Å². The predicted octanol–water partition coefficient (Wildman–Crippen LogP) is 4.64. The number of carbonyl (C=O) groups excluding carboxylic acids is 2. The number of rotatable bonds is 2. The lowest BCUT2D eigenvalue weighted by Crippen LogP contribution is -2.29. The molecule has 2 rings (SSSR count). The first-order chi connectivity index (χ1) is 10.4. The van der Waals surface area contributed by atoms with Gasteiger partial charge in [0.15, 0.2) is 0 Å². The number of carbonyl (C=O) groups is 2. The zero-order valence-electron chi connectivity index (χ0n) is 11.4. The maximum Gasteiger partial charge on any atom is 0.314 e. The van der Waals surface area contributed by atoms with Crippen molar-refractivity contribution in [3.8, 4) is 0 Å². The molecule has 2 N–H and O–H groups in total. The van der Waals surface area contributed by atoms with Gasteiger partial charge in [0.2, 0.25) is 0 Å². The standard InChI is InChI=1S/C15H11BrCl2N2O2/c1-8-2-5-12(10(16)6-8)19-14(21)15(22)20-13-7-9(17)3-4-11(13)18/h2-7H,1H3,(H,19,21)(H,20,22). The molecule has 0 radical (unpaired) electrons. The van der Waals surface area contributed by atoms with Gasteiger partial charge in [0.05, 0.1) is 16.4 Å². The highest BCUT2D eigenvalue weighted by Crippen LogP contribution is 2.26. The summed E-state index contributed by atoms with van der Waals surface area (Å²) in [6.45, 7) is 1.92. The lowest BCUT2D eigenvalue weighted by molar-refractivity contribution is -0.133. The molecular weight excluding hydrogens is 391 g/mol. The van der Waals surface area contributed by atoms with Crippen molar-refractivity contribution in [2.24, 2.45) is 0 Å². The smallest absolute Gasteiger partial charge is 0.314 e. The van der Waals surface area contributed by atoms with Crippen molar-refractivity contribution in [1.82, 2.24) is 0 Å². The SMILES string of the molecule is Cc1ccc(NC(=O)C(=O)Nc2cc(Cl)ccc2Cl)c(Br)c1. The highest BCUT2D eigenvalue weighted by molar-refractivity contribution is 9.10. The predicted molar refractivity (Wildman–Crippen MR) is 92.6 cm³/mol. The third kappa shape index (κ3) is 4.22. The summed E-state index contributed by atoms with van der Waals surface area (Å²) in [7, 11) is 0. The summed E-state index contributed by atoms with van der Waals surface area (Å²) in [5, 5.41) is 5.63. The molecule has 0 aliphatic rings. The summed E-state index contributed by atoms with van der Waals surface area (Å²) in [4.78, 5) is 23.8. The fourth-order valence-corrected chi connectivity index (χ4v) is 2.60. The third-order valence-electron chi connectivity index (χ3n) is 2.76. The van der Waals surface area contributed by atoms with Crippen LogP contribution in [0.25, 0.3) is 0 Å². The molecule has 0 saturated heterocycles. The van der Waals surface area contributed by atoms with E-state index < -0.39 is 11.8 Å². The number of aryl methyl sites for hydroxylation is 1. The first-order valence-electron chi connectivity index (χ1n) is 6.20. The number of benzene rings is 2. The molecule has 114 valence electrons. The molecule has 0 heterocycles. The van der Waals surface area contributed by atoms with E-state index in [1.54, 1.807) is 12.1 Å². The molecule has 2 aromatic rings. The van der Waals surface area contributed by atoms with Crippen LogP contribution in [0.4, 0.5) is 11.4 Å². The molecule has 22 heavy (non-hydrogen) atoms. The number of amides is 2. The van der Waals surface area contributed by atoms with Crippen molar-refractivity contribution < 1.29 is 9.59 Å². The van der Waals surface area contributed by atoms with Crippen molar-refractivity contribution in [2.75, 3.05) is 10.6 Å². The van der Waals surface area contributed by atoms with Gasteiger partial charge in [-0.25, -0.2) is 0 Å². The van der Waals surface area contributed by atoms with E-state index in [9.17, 15) is 9.59 Å². The van der Waals surface area contributed by atoms with Crippen LogP contribution in [0.5, 0.6) is 0 Å². The van der Waals surface area contributed by atoms with E-state index in [4.69, 9.17) is 23.2 Å². The molecular formula is C15H11BrCl2N2O2. The van der Waals surface area contributed by atoms with Crippen LogP contribution in [-0.2, 0) is 9.59 Å². The first kappa shape index (κ1) is 16.8. The molecule has 0 spiro atoms. The fourth-order valence-electron chi connectivity index (χ4n) is 1.67. The van der Waals surface area contributed by atoms with Crippen LogP contribution in [0.2, 0.25) is 10.0 Å². The van der Waals surface area contributed by atoms with E-state index in [1.807, 2.05) is 19.1 Å². The molecule has 2 amide bonds. The van der Waals surface area contributed by atoms with E-state index in [0.29, 0.717) is 20.2 Å². The number of anilines is 2. The van der Waals surface area contributed by atoms with Crippen LogP contribution in [0.15, 0.2) is 40.9 Å². The van der Waals surface area contributed by atoms with Gasteiger partial charge in [-0.1, -0.05) is 29.3 Å². The normalized spacial score (nSPS) is 10.2. The Bertz CT molecular complexity index is 750. The minimum atomic E-state index is -0.836. The number of hydrogen-bond donors (Lipinski definition) is 2. The minimum Gasteiger partial charge on any atom is -0.317 e. The maximum atomic E-state index is 11.9. The zero-order chi connectivity index (χ0) is 16.3. The number of hydrogen-bond acceptors (Lipinski definition) is 2. The lowest BCUT2D eigenvalue weighted by atomic mass is 10.2. The van der Waals surface area contributed by atoms with Crippen molar-refractivity contribution in [1.29, 1.82) is 0 Å². The summed E-state index contributed by atoms with van der Waals surface area (Å²) in [6.07, 6.45) is 0. The number of halogens is 3. The van der Waals surface area contributed by atoms with Gasteiger partial charge in [0.25, 0.3) is 0 Å². The maximum absolute atomic E-state index is 11.9. The quantitative estimate of drug-likeness (QED) is 0.720. The Morgan fingerprint density at radius 3 is 2.23 bits per heavy atom. The van der Waals surface area contributed by atoms with Gasteiger partial charge in [-0.15, -0.1) is 0 Å². The molecule has 0 aliphatic carbocycles. The van der Waals surface area contributed by atoms with Gasteiger partial charge >= 0.3 is 11.8 Å². The summed E-state index contributed by atoms with van der Waals surface area (Å²) >= 11 is 15.1. The van der Waals surface area contributed by atoms with E-state index in [1.165, 1.54) is 12.1 Å². The van der Waals surface area contributed by atoms with Gasteiger partial charge in [-0.05, 0) is 58.7 Å². The molecule has 0 unspecified atom stereocenters. The zero-order valence-corrected chi connectivity index (χ0v) is 14.5. The van der Waals surface area contributed by atoms with Gasteiger partial charge in [0.1, 0.15) is 0 Å². The van der Waals surface area contributed by atoms with Crippen LogP contribution in [-0.4, -0.2) is 11.8 Å². The molecule has 0 aliphatic heterocycles. The van der Waals surface area contributed by atoms with Crippen molar-refractivity contribution in [3.63, 3.8) is 0 Å². The Hall–Kier alpha value is -1.56. The van der Waals surface area contributed by atoms with E-state index in [-0.39, 0.29) is 5.69 Å². The monoisotopic (exact) mass is 400 g/mol. The molecule has 0 bridgehead atoms. The highest BCUT2D eigenvalue weighted by atomic mass is 79.9. The van der Waals surface area contributed by atoms with Crippen LogP contribution in [0, 0.1) is 6.92 Å². The molecule has 7 heteroatoms. The summed E-state index contributed by atoms with van der Waals surface area (Å²) < 4.78 is 0.689. The van der Waals surface area contributed by atoms with Gasteiger partial charge in [0, 0.05) is 9.50 Å². The second-order valence-corrected chi connectivity index (χ2v) is 6.21. The molecule has 4 nitrogen and oxygen atoms in total. The Morgan fingerprint density at radius 1 is 0.955 bits per heavy atom. The largest absolute Gasteiger partial charge is 0.317 e. The third-order valence-corrected chi connectivity index (χ3v) is 3.98. The average Bonchev–Trinajstić information content (AvgIpc) is 2.45. The Labute approximate surface area is 145 Å². The summed E-state index contributed by atoms with van der Waals surface area (Å²) in [5.41, 5.74) is 1.81. The van der Waals surface area contributed by atoms with Crippen LogP contribution < -0.4 is 10.6 Å². The van der Waals surface area contributed by atoms with Crippen molar-refractivity contribution in [3.05, 3.63) is 56.5 Å². The van der Waals surface area contributed by atoms with Crippen LogP contribution in [0.1, 0.15) is 5.56 Å². The molecule has 0 saturated carbocycles. The van der Waals surface area contributed by atoms with E-state index in [2.05, 4.69) is 26.6 Å². The molecule has 0 atom stereocenters. The molecule has 0 aromatic heterocycles. The van der Waals surface area contributed by atoms with E-state index in [0.717, 1.165) is 5.56 Å². The number of nitrogens with one attached hydrogen (secondary N) is 2. The minimum absolute atomic E-state index is 0.275. The van der Waals surface area contributed by atoms with Crippen LogP contribution >= 0.6 is 39.1 Å². The van der Waals surface area contributed by atoms with Crippen molar-refractivity contribution >= 4 is 62.3 Å². The topological polar surface area (TPSA) is 58.2 Å². The van der Waals surface area contributed by atoms with Crippen LogP contribution in [0.3, 0.4) is 0 Å². The average molecular weight is 402 g/mol. The Morgan fingerprint density at radius 2 is 1.59 bits per heavy atom. The second-order valence-electron chi connectivity index (χ2n) is 4.52. The van der Waals surface area contributed by atoms with Gasteiger partial charge < -0.3 is 10.6 Å². The molecule has 2 aromatic carbocycles. The Balaban J connectivity index is 2.09. The van der Waals surface area contributed by atoms with Gasteiger partial charge in [-0.2, -0.15) is 0 Å². The summed E-state index contributed by atoms with van der Waals surface area (Å²) in [6, 6.07) is 9.96. The Kier molecular flexibility index (Phi) is 5.45. The highest BCUT2D eigenvalue weighted by Gasteiger charge is 2.16. The second kappa shape index (κ2) is 7.13. The van der Waals surface area contributed by atoms with E-state index >= 15 is 0 Å². The molecule has 0 fully saturated rings. The lowest BCUT2D eigenvalue weighted by Gasteiger charge is -2.09. The summed E-state index contributed by atoms with van der Waals surface area (Å²) in [5.74, 6) is -1.64. The van der Waals surface area contributed by atoms with Gasteiger partial charge in [-0.3, -0.25) is 9.59 Å².